The predicted octanol–water partition coefficient (Wildman–Crippen LogP) is 1.01. The van der Waals surface area contributed by atoms with Crippen LogP contribution in [0.5, 0.6) is 0 Å². The van der Waals surface area contributed by atoms with E-state index in [0.29, 0.717) is 21.5 Å². The van der Waals surface area contributed by atoms with Crippen LogP contribution < -0.4 is 5.06 Å². The van der Waals surface area contributed by atoms with E-state index in [0.717, 1.165) is 0 Å². The van der Waals surface area contributed by atoms with E-state index in [9.17, 15) is 4.79 Å². The van der Waals surface area contributed by atoms with Gasteiger partial charge < -0.3 is 0 Å². The molecule has 2 heterocycles. The Morgan fingerprint density at radius 1 is 1.67 bits per heavy atom. The first-order chi connectivity index (χ1) is 5.68. The molecule has 0 saturated carbocycles. The quantitative estimate of drug-likeness (QED) is 0.613. The minimum atomic E-state index is -0.375. The number of aromatic nitrogens is 1. The van der Waals surface area contributed by atoms with Gasteiger partial charge in [0.25, 0.3) is 5.91 Å². The molecule has 0 aliphatic carbocycles. The number of halogens is 1. The summed E-state index contributed by atoms with van der Waals surface area (Å²) in [6.07, 6.45) is 1.59. The Bertz CT molecular complexity index is 353. The van der Waals surface area contributed by atoms with Gasteiger partial charge in [0.1, 0.15) is 0 Å². The highest BCUT2D eigenvalue weighted by Gasteiger charge is 2.27. The summed E-state index contributed by atoms with van der Waals surface area (Å²) >= 11 is 5.62. The van der Waals surface area contributed by atoms with Crippen LogP contribution in [0.2, 0.25) is 5.02 Å². The number of rotatable bonds is 0. The van der Waals surface area contributed by atoms with Gasteiger partial charge in [0, 0.05) is 6.20 Å². The highest BCUT2D eigenvalue weighted by atomic mass is 35.5. The molecule has 0 radical (unpaired) electrons. The maximum Gasteiger partial charge on any atom is 0.256 e. The van der Waals surface area contributed by atoms with Gasteiger partial charge in [-0.3, -0.25) is 15.0 Å². The van der Waals surface area contributed by atoms with Gasteiger partial charge >= 0.3 is 0 Å². The van der Waals surface area contributed by atoms with Crippen molar-refractivity contribution in [1.82, 2.24) is 4.98 Å². The van der Waals surface area contributed by atoms with Crippen LogP contribution in [0.25, 0.3) is 0 Å². The van der Waals surface area contributed by atoms with Crippen molar-refractivity contribution in [2.24, 2.45) is 0 Å². The highest BCUT2D eigenvalue weighted by molar-refractivity contribution is 6.30. The number of hydroxylamine groups is 1. The molecule has 62 valence electrons. The van der Waals surface area contributed by atoms with Crippen LogP contribution in [0.15, 0.2) is 12.3 Å². The van der Waals surface area contributed by atoms with E-state index in [-0.39, 0.29) is 12.3 Å². The van der Waals surface area contributed by atoms with Gasteiger partial charge in [-0.2, -0.15) is 5.06 Å². The van der Waals surface area contributed by atoms with Crippen molar-refractivity contribution in [3.63, 3.8) is 0 Å². The normalized spacial score (nSPS) is 15.2. The van der Waals surface area contributed by atoms with Crippen LogP contribution in [0.1, 0.15) is 5.69 Å². The molecule has 0 spiro atoms. The van der Waals surface area contributed by atoms with E-state index in [1.807, 2.05) is 0 Å². The van der Waals surface area contributed by atoms with Crippen LogP contribution in [0.4, 0.5) is 5.69 Å². The SMILES string of the molecule is O=C1Cc2ncc(Cl)cc2N1O. The minimum absolute atomic E-state index is 0.142. The molecule has 0 bridgehead atoms. The molecule has 1 aromatic rings. The lowest BCUT2D eigenvalue weighted by atomic mass is 10.3. The van der Waals surface area contributed by atoms with Crippen molar-refractivity contribution in [3.05, 3.63) is 23.0 Å². The van der Waals surface area contributed by atoms with Crippen molar-refractivity contribution in [2.45, 2.75) is 6.42 Å². The number of anilines is 1. The fourth-order valence-electron chi connectivity index (χ4n) is 1.13. The number of carbonyl (C=O) groups is 1. The first kappa shape index (κ1) is 7.52. The van der Waals surface area contributed by atoms with Crippen LogP contribution in [0, 0.1) is 0 Å². The fraction of sp³-hybridized carbons (Fsp3) is 0.143. The summed E-state index contributed by atoms with van der Waals surface area (Å²) in [5, 5.41) is 10.1. The zero-order valence-electron chi connectivity index (χ0n) is 5.99. The Kier molecular flexibility index (Phi) is 1.52. The Labute approximate surface area is 73.3 Å². The molecule has 1 amide bonds. The van der Waals surface area contributed by atoms with Crippen molar-refractivity contribution in [2.75, 3.05) is 5.06 Å². The van der Waals surface area contributed by atoms with Gasteiger partial charge in [-0.05, 0) is 6.07 Å². The Morgan fingerprint density at radius 3 is 3.17 bits per heavy atom. The summed E-state index contributed by atoms with van der Waals surface area (Å²) < 4.78 is 0. The van der Waals surface area contributed by atoms with Crippen molar-refractivity contribution < 1.29 is 10.0 Å². The highest BCUT2D eigenvalue weighted by Crippen LogP contribution is 2.27. The molecule has 0 saturated heterocycles. The number of nitrogens with zero attached hydrogens (tertiary/aromatic N) is 2. The van der Waals surface area contributed by atoms with E-state index in [1.54, 1.807) is 0 Å². The molecule has 4 nitrogen and oxygen atoms in total. The minimum Gasteiger partial charge on any atom is -0.281 e. The Morgan fingerprint density at radius 2 is 2.42 bits per heavy atom. The zero-order valence-corrected chi connectivity index (χ0v) is 6.75. The molecule has 12 heavy (non-hydrogen) atoms. The number of hydrogen-bond acceptors (Lipinski definition) is 3. The zero-order chi connectivity index (χ0) is 8.72. The number of amides is 1. The van der Waals surface area contributed by atoms with E-state index in [2.05, 4.69) is 4.98 Å². The molecule has 0 unspecified atom stereocenters. The van der Waals surface area contributed by atoms with Crippen LogP contribution in [0.3, 0.4) is 0 Å². The lowest BCUT2D eigenvalue weighted by Gasteiger charge is -2.06. The Hall–Kier alpha value is -1.13. The third-order valence-electron chi connectivity index (χ3n) is 1.70. The maximum atomic E-state index is 10.9. The molecule has 1 aromatic heterocycles. The maximum absolute atomic E-state index is 10.9. The summed E-state index contributed by atoms with van der Waals surface area (Å²) in [7, 11) is 0. The monoisotopic (exact) mass is 184 g/mol. The van der Waals surface area contributed by atoms with Crippen LogP contribution >= 0.6 is 11.6 Å². The standard InChI is InChI=1S/C7H5ClN2O2/c8-4-1-6-5(9-3-4)2-7(11)10(6)12/h1,3,12H,2H2. The van der Waals surface area contributed by atoms with Gasteiger partial charge in [-0.25, -0.2) is 0 Å². The lowest BCUT2D eigenvalue weighted by molar-refractivity contribution is -0.122. The molecule has 1 aliphatic heterocycles. The molecule has 0 aromatic carbocycles. The second kappa shape index (κ2) is 2.43. The third-order valence-corrected chi connectivity index (χ3v) is 1.90. The Balaban J connectivity index is 2.55. The molecular formula is C7H5ClN2O2. The number of carbonyl (C=O) groups excluding carboxylic acids is 1. The number of fused-ring (bicyclic) bond motifs is 1. The third kappa shape index (κ3) is 0.964. The summed E-state index contributed by atoms with van der Waals surface area (Å²) in [6, 6.07) is 1.51. The van der Waals surface area contributed by atoms with Crippen LogP contribution in [-0.4, -0.2) is 16.1 Å². The summed E-state index contributed by atoms with van der Waals surface area (Å²) in [5.41, 5.74) is 0.944. The van der Waals surface area contributed by atoms with E-state index in [1.165, 1.54) is 12.3 Å². The van der Waals surface area contributed by atoms with Gasteiger partial charge in [0.05, 0.1) is 22.8 Å². The topological polar surface area (TPSA) is 53.4 Å². The molecule has 1 aliphatic rings. The van der Waals surface area contributed by atoms with Crippen molar-refractivity contribution in [1.29, 1.82) is 0 Å². The molecule has 0 atom stereocenters. The lowest BCUT2D eigenvalue weighted by Crippen LogP contribution is -2.21. The summed E-state index contributed by atoms with van der Waals surface area (Å²) in [5.74, 6) is -0.375. The average Bonchev–Trinajstić information content (AvgIpc) is 2.31. The molecule has 5 heteroatoms. The average molecular weight is 185 g/mol. The van der Waals surface area contributed by atoms with E-state index >= 15 is 0 Å². The van der Waals surface area contributed by atoms with Gasteiger partial charge in [-0.1, -0.05) is 11.6 Å². The molecule has 0 fully saturated rings. The molecule has 1 N–H and O–H groups in total. The number of hydrogen-bond donors (Lipinski definition) is 1. The predicted molar refractivity (Wildman–Crippen MR) is 42.2 cm³/mol. The van der Waals surface area contributed by atoms with Crippen LogP contribution in [-0.2, 0) is 11.2 Å². The second-order valence-electron chi connectivity index (χ2n) is 2.50. The fourth-order valence-corrected chi connectivity index (χ4v) is 1.28. The van der Waals surface area contributed by atoms with Crippen molar-refractivity contribution in [3.8, 4) is 0 Å². The molecular weight excluding hydrogens is 180 g/mol. The summed E-state index contributed by atoms with van der Waals surface area (Å²) in [4.78, 5) is 14.8. The largest absolute Gasteiger partial charge is 0.281 e. The smallest absolute Gasteiger partial charge is 0.256 e. The first-order valence-electron chi connectivity index (χ1n) is 3.35. The van der Waals surface area contributed by atoms with E-state index in [4.69, 9.17) is 16.8 Å². The van der Waals surface area contributed by atoms with Crippen molar-refractivity contribution >= 4 is 23.2 Å². The van der Waals surface area contributed by atoms with Gasteiger partial charge in [0.15, 0.2) is 0 Å². The van der Waals surface area contributed by atoms with Gasteiger partial charge in [-0.15, -0.1) is 0 Å². The number of pyridine rings is 1. The van der Waals surface area contributed by atoms with E-state index < -0.39 is 0 Å². The first-order valence-corrected chi connectivity index (χ1v) is 3.72. The summed E-state index contributed by atoms with van der Waals surface area (Å²) in [6.45, 7) is 0. The molecule has 2 rings (SSSR count). The van der Waals surface area contributed by atoms with Gasteiger partial charge in [0.2, 0.25) is 0 Å². The second-order valence-corrected chi connectivity index (χ2v) is 2.94.